The summed E-state index contributed by atoms with van der Waals surface area (Å²) in [6, 6.07) is 12.2. The number of benzene rings is 2. The van der Waals surface area contributed by atoms with E-state index in [0.29, 0.717) is 60.9 Å². The van der Waals surface area contributed by atoms with Crippen molar-refractivity contribution in [2.24, 2.45) is 28.3 Å². The van der Waals surface area contributed by atoms with Gasteiger partial charge in [-0.25, -0.2) is 4.79 Å². The number of aldehydes is 1. The van der Waals surface area contributed by atoms with E-state index < -0.39 is 30.1 Å². The van der Waals surface area contributed by atoms with Gasteiger partial charge in [0.2, 0.25) is 12.1 Å². The van der Waals surface area contributed by atoms with Crippen LogP contribution in [0.4, 0.5) is 4.79 Å². The van der Waals surface area contributed by atoms with Crippen molar-refractivity contribution >= 4 is 18.1 Å². The van der Waals surface area contributed by atoms with Gasteiger partial charge in [-0.05, 0) is 98.1 Å². The quantitative estimate of drug-likeness (QED) is 0.0573. The molecule has 2 N–H and O–H groups in total. The first-order chi connectivity index (χ1) is 29.0. The molecule has 2 fully saturated rings. The number of fused-ring (bicyclic) bond motifs is 2. The van der Waals surface area contributed by atoms with Crippen molar-refractivity contribution in [1.82, 2.24) is 4.90 Å². The number of amides is 1. The molecule has 2 heterocycles. The van der Waals surface area contributed by atoms with Gasteiger partial charge in [0, 0.05) is 49.6 Å². The van der Waals surface area contributed by atoms with E-state index >= 15 is 0 Å². The van der Waals surface area contributed by atoms with Gasteiger partial charge in [0.1, 0.15) is 29.6 Å². The number of rotatable bonds is 20. The number of oxime groups is 1. The highest BCUT2D eigenvalue weighted by molar-refractivity contribution is 6.03. The number of aliphatic hydroxyl groups is 2. The number of carbonyl (C=O) groups is 2. The van der Waals surface area contributed by atoms with E-state index in [4.69, 9.17) is 33.7 Å². The molecule has 12 heteroatoms. The standard InChI is InChI=1S/C48H66N2O10/c1-6-22-50(46(54)56-32-47(3,4)5)42-30-40(49-60-43-19-10-13-26-55-43)38-28-34(16-8-11-23-51)37(18-9-12-24-52)44-39-29-36(58-35-17-14-15-33(27-35)31-53)20-21-41(39)59-48(42,45(38)44)57-25-7-2/h7,14-15,17,20-21,27-29,31,34,37,42-45,51-52H,2,6,8-13,16,18-19,22-26,30,32H2,1,3-5H3. The molecule has 328 valence electrons. The Morgan fingerprint density at radius 1 is 1.05 bits per heavy atom. The monoisotopic (exact) mass is 830 g/mol. The zero-order valence-corrected chi connectivity index (χ0v) is 36.0. The van der Waals surface area contributed by atoms with Crippen LogP contribution in [0, 0.1) is 23.2 Å². The van der Waals surface area contributed by atoms with Crippen LogP contribution in [0.15, 0.2) is 71.9 Å². The largest absolute Gasteiger partial charge is 0.459 e. The first kappa shape index (κ1) is 45.3. The maximum absolute atomic E-state index is 14.5. The molecule has 0 radical (unpaired) electrons. The maximum Gasteiger partial charge on any atom is 0.410 e. The van der Waals surface area contributed by atoms with Gasteiger partial charge in [0.15, 0.2) is 0 Å². The fraction of sp³-hybridized carbons (Fsp3) is 0.604. The lowest BCUT2D eigenvalue weighted by Crippen LogP contribution is -2.70. The Hall–Kier alpha value is -4.23. The fourth-order valence-corrected chi connectivity index (χ4v) is 9.39. The highest BCUT2D eigenvalue weighted by Crippen LogP contribution is 2.62. The Balaban J connectivity index is 1.57. The lowest BCUT2D eigenvalue weighted by atomic mass is 9.55. The summed E-state index contributed by atoms with van der Waals surface area (Å²) in [5, 5.41) is 24.8. The zero-order valence-electron chi connectivity index (χ0n) is 36.0. The number of ether oxygens (including phenoxy) is 5. The van der Waals surface area contributed by atoms with Crippen molar-refractivity contribution in [3.63, 3.8) is 0 Å². The molecule has 0 spiro atoms. The number of nitrogens with zero attached hydrogens (tertiary/aromatic N) is 2. The summed E-state index contributed by atoms with van der Waals surface area (Å²) in [6.45, 7) is 13.7. The molecule has 7 unspecified atom stereocenters. The van der Waals surface area contributed by atoms with Gasteiger partial charge in [-0.15, -0.1) is 6.58 Å². The van der Waals surface area contributed by atoms with Gasteiger partial charge in [0.05, 0.1) is 31.5 Å². The van der Waals surface area contributed by atoms with Crippen molar-refractivity contribution < 1.29 is 48.3 Å². The minimum atomic E-state index is -1.40. The Labute approximate surface area is 355 Å². The molecular weight excluding hydrogens is 765 g/mol. The van der Waals surface area contributed by atoms with Crippen LogP contribution in [0.3, 0.4) is 0 Å². The Morgan fingerprint density at radius 3 is 2.53 bits per heavy atom. The van der Waals surface area contributed by atoms with Crippen LogP contribution >= 0.6 is 0 Å². The summed E-state index contributed by atoms with van der Waals surface area (Å²) in [5.74, 6) is -0.262. The molecule has 2 aliphatic heterocycles. The lowest BCUT2D eigenvalue weighted by molar-refractivity contribution is -0.255. The maximum atomic E-state index is 14.5. The number of carbonyl (C=O) groups excluding carboxylic acids is 2. The number of hydrogen-bond acceptors (Lipinski definition) is 11. The van der Waals surface area contributed by atoms with Crippen molar-refractivity contribution in [3.8, 4) is 17.2 Å². The van der Waals surface area contributed by atoms with Gasteiger partial charge in [-0.2, -0.15) is 0 Å². The first-order valence-electron chi connectivity index (χ1n) is 22.1. The summed E-state index contributed by atoms with van der Waals surface area (Å²) in [5.41, 5.74) is 2.83. The van der Waals surface area contributed by atoms with Crippen molar-refractivity contribution in [3.05, 3.63) is 77.9 Å². The lowest BCUT2D eigenvalue weighted by Gasteiger charge is -2.60. The molecule has 0 bridgehead atoms. The van der Waals surface area contributed by atoms with E-state index in [1.807, 2.05) is 52.0 Å². The second-order valence-electron chi connectivity index (χ2n) is 17.8. The van der Waals surface area contributed by atoms with E-state index in [0.717, 1.165) is 62.4 Å². The molecule has 6 rings (SSSR count). The Bertz CT molecular complexity index is 1820. The predicted molar refractivity (Wildman–Crippen MR) is 229 cm³/mol. The van der Waals surface area contributed by atoms with Crippen molar-refractivity contribution in [1.29, 1.82) is 0 Å². The Morgan fingerprint density at radius 2 is 1.83 bits per heavy atom. The van der Waals surface area contributed by atoms with Crippen LogP contribution in [0.25, 0.3) is 0 Å². The van der Waals surface area contributed by atoms with E-state index in [1.54, 1.807) is 29.2 Å². The molecule has 4 aliphatic rings. The molecule has 1 saturated heterocycles. The third-order valence-electron chi connectivity index (χ3n) is 12.0. The second kappa shape index (κ2) is 21.0. The molecule has 2 aliphatic carbocycles. The number of hydrogen-bond donors (Lipinski definition) is 2. The van der Waals surface area contributed by atoms with Crippen LogP contribution in [0.5, 0.6) is 17.2 Å². The molecular formula is C48H66N2O10. The van der Waals surface area contributed by atoms with Crippen LogP contribution in [0.1, 0.15) is 120 Å². The summed E-state index contributed by atoms with van der Waals surface area (Å²) in [7, 11) is 0. The smallest absolute Gasteiger partial charge is 0.410 e. The van der Waals surface area contributed by atoms with E-state index in [1.165, 1.54) is 0 Å². The summed E-state index contributed by atoms with van der Waals surface area (Å²) < 4.78 is 32.9. The third kappa shape index (κ3) is 10.6. The highest BCUT2D eigenvalue weighted by Gasteiger charge is 2.65. The molecule has 2 aromatic carbocycles. The van der Waals surface area contributed by atoms with Crippen molar-refractivity contribution in [2.45, 2.75) is 122 Å². The van der Waals surface area contributed by atoms with Crippen LogP contribution < -0.4 is 9.47 Å². The molecule has 2 aromatic rings. The van der Waals surface area contributed by atoms with Gasteiger partial charge >= 0.3 is 6.09 Å². The van der Waals surface area contributed by atoms with E-state index in [9.17, 15) is 19.8 Å². The SMILES string of the molecule is C=CCOC12Oc3ccc(Oc4cccc(C=O)c4)cc3C3C(CCCCO)C(CCCCO)C=C(C(=NOC4CCCCO4)CC1N(CCC)C(=O)OCC(C)(C)C)C32. The van der Waals surface area contributed by atoms with Crippen LogP contribution in [0.2, 0.25) is 0 Å². The molecule has 60 heavy (non-hydrogen) atoms. The minimum absolute atomic E-state index is 0.0436. The summed E-state index contributed by atoms with van der Waals surface area (Å²) in [6.07, 6.45) is 12.1. The van der Waals surface area contributed by atoms with E-state index in [-0.39, 0.29) is 56.0 Å². The second-order valence-corrected chi connectivity index (χ2v) is 17.8. The van der Waals surface area contributed by atoms with Gasteiger partial charge in [0.25, 0.3) is 0 Å². The normalized spacial score (nSPS) is 26.5. The molecule has 1 saturated carbocycles. The highest BCUT2D eigenvalue weighted by atomic mass is 16.8. The Kier molecular flexibility index (Phi) is 15.9. The first-order valence-corrected chi connectivity index (χ1v) is 22.1. The van der Waals surface area contributed by atoms with Crippen LogP contribution in [-0.4, -0.2) is 90.9 Å². The molecule has 1 amide bonds. The third-order valence-corrected chi connectivity index (χ3v) is 12.0. The number of aliphatic hydroxyl groups excluding tert-OH is 2. The number of unbranched alkanes of at least 4 members (excludes halogenated alkanes) is 2. The fourth-order valence-electron chi connectivity index (χ4n) is 9.39. The molecule has 0 aromatic heterocycles. The molecule has 12 nitrogen and oxygen atoms in total. The number of allylic oxidation sites excluding steroid dienone is 1. The average molecular weight is 831 g/mol. The molecule has 7 atom stereocenters. The van der Waals surface area contributed by atoms with Crippen molar-refractivity contribution in [2.75, 3.05) is 39.6 Å². The summed E-state index contributed by atoms with van der Waals surface area (Å²) in [4.78, 5) is 34.1. The average Bonchev–Trinajstić information content (AvgIpc) is 3.25. The van der Waals surface area contributed by atoms with Gasteiger partial charge in [-0.3, -0.25) is 9.69 Å². The summed E-state index contributed by atoms with van der Waals surface area (Å²) >= 11 is 0. The minimum Gasteiger partial charge on any atom is -0.459 e. The topological polar surface area (TPSA) is 146 Å². The van der Waals surface area contributed by atoms with Crippen LogP contribution in [-0.2, 0) is 19.0 Å². The van der Waals surface area contributed by atoms with E-state index in [2.05, 4.69) is 12.7 Å². The van der Waals surface area contributed by atoms with Gasteiger partial charge in [-0.1, -0.05) is 70.0 Å². The predicted octanol–water partition coefficient (Wildman–Crippen LogP) is 9.35. The zero-order chi connectivity index (χ0) is 42.7. The van der Waals surface area contributed by atoms with Gasteiger partial charge < -0.3 is 38.7 Å².